The molecule has 0 spiro atoms. The Bertz CT molecular complexity index is 1080. The predicted molar refractivity (Wildman–Crippen MR) is 116 cm³/mol. The average Bonchev–Trinajstić information content (AvgIpc) is 2.99. The molecular weight excluding hydrogens is 382 g/mol. The summed E-state index contributed by atoms with van der Waals surface area (Å²) in [6.45, 7) is 5.74. The van der Waals surface area contributed by atoms with Crippen LogP contribution in [-0.4, -0.2) is 33.2 Å². The molecule has 0 N–H and O–H groups in total. The van der Waals surface area contributed by atoms with Crippen LogP contribution in [0, 0.1) is 13.8 Å². The van der Waals surface area contributed by atoms with Gasteiger partial charge in [0.25, 0.3) is 5.91 Å². The van der Waals surface area contributed by atoms with Crippen molar-refractivity contribution in [2.45, 2.75) is 20.8 Å². The number of anilines is 1. The van der Waals surface area contributed by atoms with Gasteiger partial charge in [0.1, 0.15) is 0 Å². The molecule has 0 fully saturated rings. The first-order chi connectivity index (χ1) is 14.3. The molecule has 0 radical (unpaired) electrons. The molecule has 1 amide bonds. The molecule has 156 valence electrons. The fraction of sp³-hybridized carbons (Fsp3) is 0.250. The summed E-state index contributed by atoms with van der Waals surface area (Å²) in [6, 6.07) is 11.1. The minimum atomic E-state index is -0.557. The lowest BCUT2D eigenvalue weighted by molar-refractivity contribution is -0.136. The molecule has 3 rings (SSSR count). The highest BCUT2D eigenvalue weighted by Crippen LogP contribution is 2.37. The number of ether oxygens (including phenoxy) is 3. The minimum absolute atomic E-state index is 0.246. The molecule has 1 heterocycles. The maximum atomic E-state index is 13.4. The Morgan fingerprint density at radius 2 is 1.60 bits per heavy atom. The number of hydrogen-bond donors (Lipinski definition) is 0. The first kappa shape index (κ1) is 21.2. The van der Waals surface area contributed by atoms with Crippen LogP contribution < -0.4 is 14.4 Å². The second-order valence-corrected chi connectivity index (χ2v) is 7.03. The number of methoxy groups -OCH3 is 3. The maximum absolute atomic E-state index is 13.4. The van der Waals surface area contributed by atoms with Crippen molar-refractivity contribution in [1.29, 1.82) is 0 Å². The van der Waals surface area contributed by atoms with Gasteiger partial charge >= 0.3 is 5.97 Å². The Kier molecular flexibility index (Phi) is 5.96. The van der Waals surface area contributed by atoms with Crippen LogP contribution in [0.2, 0.25) is 0 Å². The van der Waals surface area contributed by atoms with E-state index in [0.29, 0.717) is 28.4 Å². The lowest BCUT2D eigenvalue weighted by atomic mass is 10.0. The van der Waals surface area contributed by atoms with Crippen molar-refractivity contribution in [3.05, 3.63) is 69.9 Å². The van der Waals surface area contributed by atoms with Crippen LogP contribution in [-0.2, 0) is 14.3 Å². The van der Waals surface area contributed by atoms with Crippen molar-refractivity contribution in [1.82, 2.24) is 0 Å². The predicted octanol–water partition coefficient (Wildman–Crippen LogP) is 4.20. The van der Waals surface area contributed by atoms with Gasteiger partial charge in [0.2, 0.25) is 0 Å². The molecule has 1 aliphatic heterocycles. The Labute approximate surface area is 176 Å². The smallest absolute Gasteiger partial charge is 0.340 e. The molecule has 0 atom stereocenters. The van der Waals surface area contributed by atoms with Gasteiger partial charge < -0.3 is 14.2 Å². The third kappa shape index (κ3) is 3.68. The van der Waals surface area contributed by atoms with E-state index in [2.05, 4.69) is 0 Å². The van der Waals surface area contributed by atoms with E-state index in [-0.39, 0.29) is 17.1 Å². The molecule has 0 aliphatic carbocycles. The third-order valence-electron chi connectivity index (χ3n) is 5.26. The van der Waals surface area contributed by atoms with E-state index in [9.17, 15) is 9.59 Å². The molecule has 0 saturated carbocycles. The Hall–Kier alpha value is -3.54. The standard InChI is InChI=1S/C24H25NO5/c1-14-7-9-18(11-15(14)2)25-16(3)22(24(27)30-6)19(23(25)26)12-17-8-10-20(28-4)21(13-17)29-5/h7-13H,1-6H3/b19-12-. The van der Waals surface area contributed by atoms with E-state index >= 15 is 0 Å². The summed E-state index contributed by atoms with van der Waals surface area (Å²) in [7, 11) is 4.40. The van der Waals surface area contributed by atoms with Gasteiger partial charge in [0, 0.05) is 11.4 Å². The molecule has 0 unspecified atom stereocenters. The second-order valence-electron chi connectivity index (χ2n) is 7.03. The van der Waals surface area contributed by atoms with Crippen LogP contribution in [0.4, 0.5) is 5.69 Å². The van der Waals surface area contributed by atoms with Crippen LogP contribution in [0.1, 0.15) is 23.6 Å². The van der Waals surface area contributed by atoms with E-state index in [1.807, 2.05) is 32.0 Å². The Morgan fingerprint density at radius 3 is 2.20 bits per heavy atom. The van der Waals surface area contributed by atoms with Crippen molar-refractivity contribution < 1.29 is 23.8 Å². The maximum Gasteiger partial charge on any atom is 0.340 e. The van der Waals surface area contributed by atoms with Crippen molar-refractivity contribution >= 4 is 23.6 Å². The third-order valence-corrected chi connectivity index (χ3v) is 5.26. The normalized spacial score (nSPS) is 15.1. The molecule has 0 bridgehead atoms. The largest absolute Gasteiger partial charge is 0.493 e. The van der Waals surface area contributed by atoms with Crippen molar-refractivity contribution in [3.8, 4) is 11.5 Å². The molecule has 30 heavy (non-hydrogen) atoms. The van der Waals surface area contributed by atoms with Gasteiger partial charge in [0.05, 0.1) is 32.5 Å². The zero-order valence-electron chi connectivity index (χ0n) is 18.0. The lowest BCUT2D eigenvalue weighted by Gasteiger charge is -2.19. The number of amides is 1. The fourth-order valence-corrected chi connectivity index (χ4v) is 3.46. The molecule has 2 aromatic carbocycles. The summed E-state index contributed by atoms with van der Waals surface area (Å²) in [4.78, 5) is 27.5. The van der Waals surface area contributed by atoms with Crippen LogP contribution in [0.25, 0.3) is 6.08 Å². The van der Waals surface area contributed by atoms with E-state index in [4.69, 9.17) is 14.2 Å². The summed E-state index contributed by atoms with van der Waals surface area (Å²) < 4.78 is 15.6. The van der Waals surface area contributed by atoms with Crippen LogP contribution in [0.15, 0.2) is 53.2 Å². The Balaban J connectivity index is 2.14. The van der Waals surface area contributed by atoms with Crippen LogP contribution in [0.3, 0.4) is 0 Å². The minimum Gasteiger partial charge on any atom is -0.493 e. The number of benzene rings is 2. The summed E-state index contributed by atoms with van der Waals surface area (Å²) in [6.07, 6.45) is 1.67. The molecule has 6 heteroatoms. The van der Waals surface area contributed by atoms with Gasteiger partial charge in [0.15, 0.2) is 11.5 Å². The van der Waals surface area contributed by atoms with Gasteiger partial charge in [-0.15, -0.1) is 0 Å². The number of aryl methyl sites for hydroxylation is 2. The number of allylic oxidation sites excluding steroid dienone is 1. The van der Waals surface area contributed by atoms with Crippen LogP contribution >= 0.6 is 0 Å². The molecule has 0 saturated heterocycles. The number of carbonyl (C=O) groups excluding carboxylic acids is 2. The summed E-state index contributed by atoms with van der Waals surface area (Å²) in [5, 5.41) is 0. The number of rotatable bonds is 5. The number of hydrogen-bond acceptors (Lipinski definition) is 5. The van der Waals surface area contributed by atoms with E-state index in [0.717, 1.165) is 11.1 Å². The topological polar surface area (TPSA) is 65.1 Å². The summed E-state index contributed by atoms with van der Waals surface area (Å²) in [5.74, 6) is 0.266. The molecular formula is C24H25NO5. The molecule has 1 aliphatic rings. The van der Waals surface area contributed by atoms with Crippen molar-refractivity contribution in [3.63, 3.8) is 0 Å². The number of carbonyl (C=O) groups is 2. The summed E-state index contributed by atoms with van der Waals surface area (Å²) in [5.41, 5.74) is 4.64. The first-order valence-electron chi connectivity index (χ1n) is 9.47. The zero-order valence-corrected chi connectivity index (χ0v) is 18.0. The lowest BCUT2D eigenvalue weighted by Crippen LogP contribution is -2.24. The molecule has 2 aromatic rings. The monoisotopic (exact) mass is 407 g/mol. The van der Waals surface area contributed by atoms with Crippen molar-refractivity contribution in [2.24, 2.45) is 0 Å². The second kappa shape index (κ2) is 8.45. The highest BCUT2D eigenvalue weighted by molar-refractivity contribution is 6.23. The number of esters is 1. The first-order valence-corrected chi connectivity index (χ1v) is 9.47. The van der Waals surface area contributed by atoms with E-state index in [1.54, 1.807) is 50.3 Å². The van der Waals surface area contributed by atoms with Crippen molar-refractivity contribution in [2.75, 3.05) is 26.2 Å². The Morgan fingerprint density at radius 1 is 0.900 bits per heavy atom. The van der Waals surface area contributed by atoms with E-state index < -0.39 is 5.97 Å². The van der Waals surface area contributed by atoms with Gasteiger partial charge in [-0.3, -0.25) is 9.69 Å². The number of nitrogens with zero attached hydrogens (tertiary/aromatic N) is 1. The van der Waals surface area contributed by atoms with Gasteiger partial charge in [-0.05, 0) is 67.8 Å². The van der Waals surface area contributed by atoms with Gasteiger partial charge in [-0.2, -0.15) is 0 Å². The van der Waals surface area contributed by atoms with Crippen LogP contribution in [0.5, 0.6) is 11.5 Å². The average molecular weight is 407 g/mol. The highest BCUT2D eigenvalue weighted by atomic mass is 16.5. The molecule has 0 aromatic heterocycles. The SMILES string of the molecule is COC(=O)C1=C(C)N(c2ccc(C)c(C)c2)C(=O)/C1=C\c1ccc(OC)c(OC)c1. The van der Waals surface area contributed by atoms with E-state index in [1.165, 1.54) is 7.11 Å². The quantitative estimate of drug-likeness (QED) is 0.549. The fourth-order valence-electron chi connectivity index (χ4n) is 3.46. The van der Waals surface area contributed by atoms with Gasteiger partial charge in [-0.25, -0.2) is 4.79 Å². The van der Waals surface area contributed by atoms with Gasteiger partial charge in [-0.1, -0.05) is 12.1 Å². The highest BCUT2D eigenvalue weighted by Gasteiger charge is 2.38. The summed E-state index contributed by atoms with van der Waals surface area (Å²) >= 11 is 0. The zero-order chi connectivity index (χ0) is 22.0. The molecule has 6 nitrogen and oxygen atoms in total.